The molecule has 0 saturated heterocycles. The summed E-state index contributed by atoms with van der Waals surface area (Å²) in [5.74, 6) is 1.06. The number of anilines is 2. The van der Waals surface area contributed by atoms with Crippen molar-refractivity contribution in [2.45, 2.75) is 63.3 Å². The van der Waals surface area contributed by atoms with E-state index in [9.17, 15) is 15.3 Å². The highest BCUT2D eigenvalue weighted by atomic mass is 32.1. The van der Waals surface area contributed by atoms with E-state index in [0.29, 0.717) is 24.1 Å². The molecule has 198 valence electrons. The van der Waals surface area contributed by atoms with Gasteiger partial charge in [0.2, 0.25) is 5.95 Å². The third kappa shape index (κ3) is 4.73. The Morgan fingerprint density at radius 3 is 2.55 bits per heavy atom. The second-order valence-corrected chi connectivity index (χ2v) is 11.4. The molecule has 10 heteroatoms. The molecule has 4 aromatic rings. The molecule has 0 radical (unpaired) electrons. The number of aliphatic hydroxyl groups is 3. The van der Waals surface area contributed by atoms with Gasteiger partial charge in [0.1, 0.15) is 22.4 Å². The average molecular weight is 533 g/mol. The molecule has 3 aromatic heterocycles. The summed E-state index contributed by atoms with van der Waals surface area (Å²) in [4.78, 5) is 19.3. The number of fused-ring (bicyclic) bond motifs is 1. The Balaban J connectivity index is 1.40. The lowest BCUT2D eigenvalue weighted by Crippen LogP contribution is -2.35. The highest BCUT2D eigenvalue weighted by Crippen LogP contribution is 2.44. The molecule has 5 N–H and O–H groups in total. The lowest BCUT2D eigenvalue weighted by atomic mass is 10.1. The third-order valence-corrected chi connectivity index (χ3v) is 8.65. The summed E-state index contributed by atoms with van der Waals surface area (Å²) < 4.78 is 1.07. The maximum absolute atomic E-state index is 10.7. The summed E-state index contributed by atoms with van der Waals surface area (Å²) in [5.41, 5.74) is 4.60. The first kappa shape index (κ1) is 25.1. The van der Waals surface area contributed by atoms with Crippen LogP contribution in [0.2, 0.25) is 0 Å². The van der Waals surface area contributed by atoms with E-state index in [1.54, 1.807) is 11.3 Å². The highest BCUT2D eigenvalue weighted by molar-refractivity contribution is 7.21. The molecule has 38 heavy (non-hydrogen) atoms. The minimum Gasteiger partial charge on any atom is -0.396 e. The highest BCUT2D eigenvalue weighted by Gasteiger charge is 2.41. The number of aromatic nitrogens is 4. The summed E-state index contributed by atoms with van der Waals surface area (Å²) in [7, 11) is 0. The van der Waals surface area contributed by atoms with E-state index in [2.05, 4.69) is 34.7 Å². The van der Waals surface area contributed by atoms with Crippen molar-refractivity contribution in [3.05, 3.63) is 59.5 Å². The summed E-state index contributed by atoms with van der Waals surface area (Å²) in [6, 6.07) is 11.6. The van der Waals surface area contributed by atoms with Crippen molar-refractivity contribution in [3.8, 4) is 10.6 Å². The standard InChI is InChI=1S/C28H32N6O3S/c1-14(16-6-4-3-5-7-16)30-28-31-15(2)21(26(34-28)32-19-12-18(13-35)24(36)25(19)37)27-33-23-20(38-27)10-11-29-22(23)17-8-9-17/h3-7,10-11,14,17-19,24-25,35-37H,8-9,12-13H2,1-2H3,(H2,30,31,32,34)/t14-,18-,19-,24-,25+/m1/s1. The van der Waals surface area contributed by atoms with Crippen molar-refractivity contribution < 1.29 is 15.3 Å². The summed E-state index contributed by atoms with van der Waals surface area (Å²) >= 11 is 1.58. The normalized spacial score (nSPS) is 24.0. The van der Waals surface area contributed by atoms with Crippen LogP contribution < -0.4 is 10.6 Å². The van der Waals surface area contributed by atoms with Crippen LogP contribution in [0.3, 0.4) is 0 Å². The second-order valence-electron chi connectivity index (χ2n) is 10.4. The first-order valence-corrected chi connectivity index (χ1v) is 13.9. The lowest BCUT2D eigenvalue weighted by molar-refractivity contribution is 0.00446. The SMILES string of the molecule is Cc1nc(N[C@H](C)c2ccccc2)nc(N[C@@H]2C[C@H](CO)[C@@H](O)[C@H]2O)c1-c1nc2c(C3CC3)nccc2s1. The second kappa shape index (κ2) is 10.2. The van der Waals surface area contributed by atoms with Gasteiger partial charge < -0.3 is 26.0 Å². The average Bonchev–Trinajstić information content (AvgIpc) is 3.62. The summed E-state index contributed by atoms with van der Waals surface area (Å²) in [5, 5.41) is 38.4. The van der Waals surface area contributed by atoms with Crippen LogP contribution in [0.1, 0.15) is 55.1 Å². The Labute approximate surface area is 225 Å². The van der Waals surface area contributed by atoms with Gasteiger partial charge in [0.25, 0.3) is 0 Å². The van der Waals surface area contributed by atoms with Crippen molar-refractivity contribution >= 4 is 33.3 Å². The quantitative estimate of drug-likeness (QED) is 0.228. The predicted octanol–water partition coefficient (Wildman–Crippen LogP) is 4.02. The van der Waals surface area contributed by atoms with E-state index in [1.165, 1.54) is 0 Å². The molecule has 2 fully saturated rings. The van der Waals surface area contributed by atoms with Crippen molar-refractivity contribution in [2.24, 2.45) is 5.92 Å². The van der Waals surface area contributed by atoms with Gasteiger partial charge in [-0.25, -0.2) is 9.97 Å². The van der Waals surface area contributed by atoms with E-state index >= 15 is 0 Å². The van der Waals surface area contributed by atoms with Gasteiger partial charge in [-0.15, -0.1) is 11.3 Å². The molecule has 1 aromatic carbocycles. The van der Waals surface area contributed by atoms with Crippen LogP contribution in [0.25, 0.3) is 20.8 Å². The fourth-order valence-corrected chi connectivity index (χ4v) is 6.35. The smallest absolute Gasteiger partial charge is 0.225 e. The maximum Gasteiger partial charge on any atom is 0.225 e. The van der Waals surface area contributed by atoms with Crippen LogP contribution in [0.5, 0.6) is 0 Å². The largest absolute Gasteiger partial charge is 0.396 e. The van der Waals surface area contributed by atoms with E-state index in [4.69, 9.17) is 15.0 Å². The Kier molecular flexibility index (Phi) is 6.73. The van der Waals surface area contributed by atoms with Crippen molar-refractivity contribution in [1.29, 1.82) is 0 Å². The lowest BCUT2D eigenvalue weighted by Gasteiger charge is -2.22. The monoisotopic (exact) mass is 532 g/mol. The molecule has 6 rings (SSSR count). The molecule has 0 spiro atoms. The minimum absolute atomic E-state index is 0.0263. The molecule has 0 aliphatic heterocycles. The van der Waals surface area contributed by atoms with Crippen LogP contribution >= 0.6 is 11.3 Å². The van der Waals surface area contributed by atoms with Gasteiger partial charge in [0.15, 0.2) is 0 Å². The molecule has 2 saturated carbocycles. The molecule has 5 atom stereocenters. The number of thiazole rings is 1. The molecule has 2 aliphatic carbocycles. The maximum atomic E-state index is 10.7. The van der Waals surface area contributed by atoms with Gasteiger partial charge in [0.05, 0.1) is 39.8 Å². The van der Waals surface area contributed by atoms with E-state index in [1.807, 2.05) is 37.4 Å². The summed E-state index contributed by atoms with van der Waals surface area (Å²) in [6.45, 7) is 3.79. The number of benzene rings is 1. The van der Waals surface area contributed by atoms with Gasteiger partial charge in [-0.2, -0.15) is 4.98 Å². The number of aryl methyl sites for hydroxylation is 1. The Morgan fingerprint density at radius 2 is 1.84 bits per heavy atom. The topological polar surface area (TPSA) is 136 Å². The molecular weight excluding hydrogens is 500 g/mol. The first-order valence-electron chi connectivity index (χ1n) is 13.1. The molecule has 0 unspecified atom stereocenters. The number of hydrogen-bond donors (Lipinski definition) is 5. The van der Waals surface area contributed by atoms with Gasteiger partial charge >= 0.3 is 0 Å². The molecule has 2 aliphatic rings. The fourth-order valence-electron chi connectivity index (χ4n) is 5.28. The zero-order valence-corrected chi connectivity index (χ0v) is 22.2. The Morgan fingerprint density at radius 1 is 1.05 bits per heavy atom. The fraction of sp³-hybridized carbons (Fsp3) is 0.429. The van der Waals surface area contributed by atoms with E-state index < -0.39 is 24.2 Å². The molecule has 0 amide bonds. The predicted molar refractivity (Wildman–Crippen MR) is 148 cm³/mol. The van der Waals surface area contributed by atoms with Crippen LogP contribution in [-0.2, 0) is 0 Å². The number of nitrogens with one attached hydrogen (secondary N) is 2. The van der Waals surface area contributed by atoms with Crippen molar-refractivity contribution in [2.75, 3.05) is 17.2 Å². The number of nitrogens with zero attached hydrogens (tertiary/aromatic N) is 4. The summed E-state index contributed by atoms with van der Waals surface area (Å²) in [6.07, 6.45) is 2.51. The molecule has 3 heterocycles. The molecular formula is C28H32N6O3S. The number of aliphatic hydroxyl groups excluding tert-OH is 3. The van der Waals surface area contributed by atoms with Crippen LogP contribution in [0, 0.1) is 12.8 Å². The minimum atomic E-state index is -1.03. The van der Waals surface area contributed by atoms with Crippen LogP contribution in [0.4, 0.5) is 11.8 Å². The number of pyridine rings is 1. The van der Waals surface area contributed by atoms with Crippen LogP contribution in [-0.4, -0.2) is 60.1 Å². The van der Waals surface area contributed by atoms with E-state index in [0.717, 1.165) is 50.6 Å². The van der Waals surface area contributed by atoms with E-state index in [-0.39, 0.29) is 12.6 Å². The zero-order chi connectivity index (χ0) is 26.4. The van der Waals surface area contributed by atoms with Gasteiger partial charge in [-0.3, -0.25) is 4.98 Å². The van der Waals surface area contributed by atoms with Gasteiger partial charge in [-0.1, -0.05) is 30.3 Å². The number of rotatable bonds is 8. The zero-order valence-electron chi connectivity index (χ0n) is 21.4. The Bertz CT molecular complexity index is 1440. The number of hydrogen-bond acceptors (Lipinski definition) is 10. The third-order valence-electron chi connectivity index (χ3n) is 7.61. The van der Waals surface area contributed by atoms with Gasteiger partial charge in [0, 0.05) is 24.6 Å². The molecule has 9 nitrogen and oxygen atoms in total. The van der Waals surface area contributed by atoms with Crippen LogP contribution in [0.15, 0.2) is 42.6 Å². The van der Waals surface area contributed by atoms with Crippen molar-refractivity contribution in [1.82, 2.24) is 19.9 Å². The van der Waals surface area contributed by atoms with Gasteiger partial charge in [-0.05, 0) is 44.7 Å². The Hall–Kier alpha value is -3.18. The first-order chi connectivity index (χ1) is 18.4. The van der Waals surface area contributed by atoms with Crippen molar-refractivity contribution in [3.63, 3.8) is 0 Å². The molecule has 0 bridgehead atoms.